The number of nitrogens with zero attached hydrogens (tertiary/aromatic N) is 15. The zero-order valence-electron chi connectivity index (χ0n) is 63.1. The van der Waals surface area contributed by atoms with Gasteiger partial charge in [-0.15, -0.1) is 0 Å². The fraction of sp³-hybridized carbons (Fsp3) is 0.529. The molecule has 0 saturated carbocycles. The molecule has 0 amide bonds. The van der Waals surface area contributed by atoms with Crippen LogP contribution in [0.5, 0.6) is 0 Å². The third-order valence-corrected chi connectivity index (χ3v) is 19.8. The molecular formula is C70H111N15O4S3. The van der Waals surface area contributed by atoms with Crippen molar-refractivity contribution in [2.24, 2.45) is 28.2 Å². The fourth-order valence-electron chi connectivity index (χ4n) is 7.32. The van der Waals surface area contributed by atoms with Crippen molar-refractivity contribution < 1.29 is 18.0 Å². The molecule has 11 aromatic rings. The average Bonchev–Trinajstić information content (AvgIpc) is 2.70. The summed E-state index contributed by atoms with van der Waals surface area (Å²) in [7, 11) is 7.87. The van der Waals surface area contributed by atoms with Gasteiger partial charge in [-0.1, -0.05) is 15.5 Å². The summed E-state index contributed by atoms with van der Waals surface area (Å²) in [5.41, 5.74) is 29.8. The molecule has 22 heteroatoms. The van der Waals surface area contributed by atoms with Crippen LogP contribution in [0.25, 0.3) is 0 Å². The van der Waals surface area contributed by atoms with Gasteiger partial charge in [0.2, 0.25) is 0 Å². The lowest BCUT2D eigenvalue weighted by Crippen LogP contribution is -1.92. The van der Waals surface area contributed by atoms with E-state index in [-0.39, 0.29) is 0 Å². The van der Waals surface area contributed by atoms with E-state index in [4.69, 9.17) is 18.0 Å². The molecule has 0 radical (unpaired) electrons. The Morgan fingerprint density at radius 1 is 0.239 bits per heavy atom. The van der Waals surface area contributed by atoms with Crippen molar-refractivity contribution in [1.82, 2.24) is 72.7 Å². The second-order valence-corrected chi connectivity index (χ2v) is 26.2. The van der Waals surface area contributed by atoms with Crippen molar-refractivity contribution in [3.63, 3.8) is 0 Å². The van der Waals surface area contributed by atoms with Crippen LogP contribution >= 0.6 is 34.6 Å². The second kappa shape index (κ2) is 38.6. The monoisotopic (exact) mass is 1320 g/mol. The van der Waals surface area contributed by atoms with Gasteiger partial charge in [0.05, 0.1) is 62.6 Å². The van der Waals surface area contributed by atoms with Gasteiger partial charge in [-0.25, -0.2) is 4.98 Å². The molecule has 19 nitrogen and oxygen atoms in total. The van der Waals surface area contributed by atoms with Crippen molar-refractivity contribution in [1.29, 1.82) is 0 Å². The molecule has 92 heavy (non-hydrogen) atoms. The summed E-state index contributed by atoms with van der Waals surface area (Å²) in [4.78, 5) is 8.05. The summed E-state index contributed by atoms with van der Waals surface area (Å²) < 4.78 is 39.7. The normalized spacial score (nSPS) is 10.0. The topological polar surface area (TPSA) is 214 Å². The zero-order chi connectivity index (χ0) is 71.1. The fourth-order valence-corrected chi connectivity index (χ4v) is 9.41. The van der Waals surface area contributed by atoms with Crippen molar-refractivity contribution in [3.05, 3.63) is 185 Å². The first-order chi connectivity index (χ1) is 42.5. The predicted molar refractivity (Wildman–Crippen MR) is 382 cm³/mol. The predicted octanol–water partition coefficient (Wildman–Crippen LogP) is 18.0. The first-order valence-corrected chi connectivity index (χ1v) is 33.0. The summed E-state index contributed by atoms with van der Waals surface area (Å²) in [5.74, 6) is 4.43. The molecule has 0 aliphatic carbocycles. The minimum absolute atomic E-state index is 0.750. The lowest BCUT2D eigenvalue weighted by molar-refractivity contribution is 0.392. The van der Waals surface area contributed by atoms with E-state index < -0.39 is 0 Å². The molecule has 11 rings (SSSR count). The molecule has 0 spiro atoms. The highest BCUT2D eigenvalue weighted by molar-refractivity contribution is 7.06. The molecule has 0 aromatic carbocycles. The van der Waals surface area contributed by atoms with E-state index in [1.54, 1.807) is 34.6 Å². The van der Waals surface area contributed by atoms with Gasteiger partial charge in [0.25, 0.3) is 0 Å². The molecule has 0 saturated heterocycles. The maximum atomic E-state index is 5.10. The van der Waals surface area contributed by atoms with Gasteiger partial charge in [0.15, 0.2) is 5.89 Å². The van der Waals surface area contributed by atoms with Gasteiger partial charge >= 0.3 is 0 Å². The van der Waals surface area contributed by atoms with Crippen molar-refractivity contribution in [2.75, 3.05) is 0 Å². The Balaban J connectivity index is 0.000000506. The number of aryl methyl sites for hydroxylation is 23. The third-order valence-electron chi connectivity index (χ3n) is 17.0. The number of rotatable bonds is 0. The molecular weight excluding hydrogens is 1210 g/mol. The van der Waals surface area contributed by atoms with Gasteiger partial charge in [0, 0.05) is 89.2 Å². The van der Waals surface area contributed by atoms with Crippen molar-refractivity contribution >= 4 is 34.6 Å². The Labute approximate surface area is 563 Å². The largest absolute Gasteiger partial charge is 0.446 e. The SMILES string of the molecule is Cc1nc(C)c(C)o1.Cc1nn(C)c(C)c1C.Cc1nn(C)c(C)c1C.Cc1nn(C)c(C)c1C.Cc1nn(C)c(C)c1C.Cc1noc(C)c1C.Cc1noc(C)c1C.Cc1noc(C)c1C.Cc1nsc(C)c1C.Cc1nsc(C)c1C.Cc1nsc(C)c1C. The number of hydrogen-bond donors (Lipinski definition) is 0. The van der Waals surface area contributed by atoms with E-state index in [1.165, 1.54) is 93.4 Å². The van der Waals surface area contributed by atoms with Crippen LogP contribution in [-0.2, 0) is 28.2 Å². The maximum Gasteiger partial charge on any atom is 0.191 e. The zero-order valence-corrected chi connectivity index (χ0v) is 65.5. The lowest BCUT2D eigenvalue weighted by atomic mass is 10.2. The average molecular weight is 1320 g/mol. The quantitative estimate of drug-likeness (QED) is 0.138. The summed E-state index contributed by atoms with van der Waals surface area (Å²) >= 11 is 4.74. The van der Waals surface area contributed by atoms with E-state index in [1.807, 2.05) is 178 Å². The van der Waals surface area contributed by atoms with Crippen LogP contribution < -0.4 is 0 Å². The van der Waals surface area contributed by atoms with Crippen LogP contribution in [0, 0.1) is 228 Å². The molecule has 0 atom stereocenters. The van der Waals surface area contributed by atoms with Crippen LogP contribution in [0.15, 0.2) is 18.0 Å². The molecule has 0 aliphatic heterocycles. The Morgan fingerprint density at radius 3 is 0.500 bits per heavy atom. The molecule has 0 fully saturated rings. The highest BCUT2D eigenvalue weighted by Crippen LogP contribution is 2.18. The Bertz CT molecular complexity index is 3230. The van der Waals surface area contributed by atoms with Gasteiger partial charge in [0.1, 0.15) is 23.0 Å². The standard InChI is InChI=1S/4C7H12N2.4C6H9NO.3C6H9NS/c4*1-5-6(2)8-9(4)7(5)3;1-4-5(2)8-6(3)7-4;6*1-4-5(2)7-8-6(4)3/h4*1-4H3;7*1-3H3. The second-order valence-electron chi connectivity index (χ2n) is 23.2. The van der Waals surface area contributed by atoms with Crippen LogP contribution in [0.2, 0.25) is 0 Å². The molecule has 0 unspecified atom stereocenters. The minimum Gasteiger partial charge on any atom is -0.446 e. The molecule has 11 aromatic heterocycles. The summed E-state index contributed by atoms with van der Waals surface area (Å²) in [6.07, 6.45) is 0. The first kappa shape index (κ1) is 82.6. The van der Waals surface area contributed by atoms with Crippen LogP contribution in [0.4, 0.5) is 0 Å². The van der Waals surface area contributed by atoms with Gasteiger partial charge in [-0.2, -0.15) is 33.5 Å². The lowest BCUT2D eigenvalue weighted by Gasteiger charge is -1.90. The number of hydrogen-bond acceptors (Lipinski definition) is 18. The van der Waals surface area contributed by atoms with E-state index in [9.17, 15) is 0 Å². The highest BCUT2D eigenvalue weighted by atomic mass is 32.1. The van der Waals surface area contributed by atoms with Gasteiger partial charge in [-0.05, 0) is 295 Å². The van der Waals surface area contributed by atoms with E-state index in [2.05, 4.69) is 151 Å². The maximum absolute atomic E-state index is 5.10. The smallest absolute Gasteiger partial charge is 0.191 e. The minimum atomic E-state index is 0.750. The third kappa shape index (κ3) is 25.6. The van der Waals surface area contributed by atoms with Crippen molar-refractivity contribution in [2.45, 2.75) is 228 Å². The summed E-state index contributed by atoms with van der Waals surface area (Å²) in [6.45, 7) is 66.8. The Hall–Kier alpha value is -7.43. The van der Waals surface area contributed by atoms with Crippen LogP contribution in [0.3, 0.4) is 0 Å². The van der Waals surface area contributed by atoms with E-state index in [0.717, 1.165) is 91.2 Å². The molecule has 0 bridgehead atoms. The Morgan fingerprint density at radius 2 is 0.457 bits per heavy atom. The molecule has 508 valence electrons. The van der Waals surface area contributed by atoms with Crippen LogP contribution in [0.1, 0.15) is 185 Å². The molecule has 0 N–H and O–H groups in total. The van der Waals surface area contributed by atoms with Crippen molar-refractivity contribution in [3.8, 4) is 0 Å². The van der Waals surface area contributed by atoms with Crippen LogP contribution in [-0.4, -0.2) is 72.7 Å². The summed E-state index contributed by atoms with van der Waals surface area (Å²) in [6, 6.07) is 0. The van der Waals surface area contributed by atoms with Gasteiger partial charge in [-0.3, -0.25) is 18.7 Å². The summed E-state index contributed by atoms with van der Waals surface area (Å²) in [5, 5.41) is 28.1. The highest BCUT2D eigenvalue weighted by Gasteiger charge is 2.07. The number of aromatic nitrogens is 15. The molecule has 11 heterocycles. The first-order valence-electron chi connectivity index (χ1n) is 30.6. The number of oxazole rings is 1. The van der Waals surface area contributed by atoms with Gasteiger partial charge < -0.3 is 18.0 Å². The van der Waals surface area contributed by atoms with E-state index in [0.29, 0.717) is 0 Å². The van der Waals surface area contributed by atoms with E-state index >= 15 is 0 Å². The Kier molecular flexibility index (Phi) is 34.6. The molecule has 0 aliphatic rings.